The topological polar surface area (TPSA) is 80.3 Å². The van der Waals surface area contributed by atoms with Crippen LogP contribution < -0.4 is 10.6 Å². The van der Waals surface area contributed by atoms with Gasteiger partial charge in [0.1, 0.15) is 5.82 Å². The van der Waals surface area contributed by atoms with Crippen LogP contribution in [0.25, 0.3) is 0 Å². The van der Waals surface area contributed by atoms with Crippen molar-refractivity contribution in [2.75, 3.05) is 25.6 Å². The highest BCUT2D eigenvalue weighted by Gasteiger charge is 2.30. The van der Waals surface area contributed by atoms with E-state index in [1.165, 1.54) is 7.11 Å². The molecule has 1 heterocycles. The fourth-order valence-corrected chi connectivity index (χ4v) is 1.31. The van der Waals surface area contributed by atoms with Crippen LogP contribution >= 0.6 is 0 Å². The molecule has 1 aromatic heterocycles. The molecule has 6 nitrogen and oxygen atoms in total. The fourth-order valence-electron chi connectivity index (χ4n) is 1.31. The van der Waals surface area contributed by atoms with Crippen LogP contribution in [0.5, 0.6) is 0 Å². The first kappa shape index (κ1) is 16.9. The molecule has 21 heavy (non-hydrogen) atoms. The molecule has 0 aliphatic rings. The van der Waals surface area contributed by atoms with Crippen molar-refractivity contribution < 1.29 is 27.5 Å². The third kappa shape index (κ3) is 5.78. The summed E-state index contributed by atoms with van der Waals surface area (Å²) >= 11 is 0. The van der Waals surface area contributed by atoms with Crippen molar-refractivity contribution in [3.63, 3.8) is 0 Å². The van der Waals surface area contributed by atoms with Crippen LogP contribution in [0.4, 0.5) is 19.0 Å². The van der Waals surface area contributed by atoms with E-state index >= 15 is 0 Å². The van der Waals surface area contributed by atoms with Crippen molar-refractivity contribution in [1.29, 1.82) is 0 Å². The number of halogens is 3. The summed E-state index contributed by atoms with van der Waals surface area (Å²) in [5.74, 6) is -2.03. The van der Waals surface area contributed by atoms with Crippen LogP contribution in [-0.2, 0) is 20.5 Å². The number of pyridine rings is 1. The molecule has 0 atom stereocenters. The van der Waals surface area contributed by atoms with Gasteiger partial charge in [0.2, 0.25) is 0 Å². The van der Waals surface area contributed by atoms with Gasteiger partial charge in [-0.3, -0.25) is 9.59 Å². The van der Waals surface area contributed by atoms with Gasteiger partial charge >= 0.3 is 18.0 Å². The zero-order valence-electron chi connectivity index (χ0n) is 11.2. The van der Waals surface area contributed by atoms with Gasteiger partial charge in [-0.25, -0.2) is 4.98 Å². The summed E-state index contributed by atoms with van der Waals surface area (Å²) in [6.45, 7) is 0.683. The Morgan fingerprint density at radius 3 is 2.52 bits per heavy atom. The van der Waals surface area contributed by atoms with Gasteiger partial charge in [-0.2, -0.15) is 13.2 Å². The average Bonchev–Trinajstić information content (AvgIpc) is 2.43. The van der Waals surface area contributed by atoms with Gasteiger partial charge in [-0.05, 0) is 18.6 Å². The van der Waals surface area contributed by atoms with E-state index in [0.29, 0.717) is 19.2 Å². The number of ether oxygens (including phenoxy) is 1. The number of carbonyl (C=O) groups excluding carboxylic acids is 2. The number of methoxy groups -OCH3 is 1. The number of alkyl halides is 3. The van der Waals surface area contributed by atoms with Gasteiger partial charge in [-0.1, -0.05) is 0 Å². The Bertz CT molecular complexity index is 489. The molecule has 2 amide bonds. The second-order valence-corrected chi connectivity index (χ2v) is 3.99. The Balaban J connectivity index is 2.49. The fraction of sp³-hybridized carbons (Fsp3) is 0.417. The molecule has 1 rings (SSSR count). The molecule has 9 heteroatoms. The molecule has 0 unspecified atom stereocenters. The highest BCUT2D eigenvalue weighted by atomic mass is 19.4. The summed E-state index contributed by atoms with van der Waals surface area (Å²) in [4.78, 5) is 26.2. The van der Waals surface area contributed by atoms with E-state index in [1.54, 1.807) is 0 Å². The lowest BCUT2D eigenvalue weighted by Gasteiger charge is -2.08. The minimum atomic E-state index is -4.51. The monoisotopic (exact) mass is 305 g/mol. The van der Waals surface area contributed by atoms with E-state index in [4.69, 9.17) is 4.74 Å². The summed E-state index contributed by atoms with van der Waals surface area (Å²) < 4.78 is 41.7. The molecule has 0 saturated heterocycles. The lowest BCUT2D eigenvalue weighted by Crippen LogP contribution is -2.36. The average molecular weight is 305 g/mol. The van der Waals surface area contributed by atoms with Crippen LogP contribution in [-0.4, -0.2) is 37.1 Å². The van der Waals surface area contributed by atoms with Gasteiger partial charge in [0, 0.05) is 26.5 Å². The Morgan fingerprint density at radius 1 is 1.29 bits per heavy atom. The number of amides is 2. The van der Waals surface area contributed by atoms with E-state index in [1.807, 2.05) is 0 Å². The second kappa shape index (κ2) is 7.58. The minimum Gasteiger partial charge on any atom is -0.385 e. The highest BCUT2D eigenvalue weighted by Crippen LogP contribution is 2.28. The number of nitrogens with one attached hydrogen (secondary N) is 2. The lowest BCUT2D eigenvalue weighted by molar-refractivity contribution is -0.137. The molecule has 0 aliphatic heterocycles. The zero-order chi connectivity index (χ0) is 15.9. The van der Waals surface area contributed by atoms with Crippen LogP contribution in [0.15, 0.2) is 18.3 Å². The Kier molecular flexibility index (Phi) is 6.10. The number of aromatic nitrogens is 1. The maximum atomic E-state index is 12.3. The smallest absolute Gasteiger partial charge is 0.385 e. The van der Waals surface area contributed by atoms with Crippen molar-refractivity contribution >= 4 is 17.6 Å². The first-order chi connectivity index (χ1) is 9.84. The normalized spacial score (nSPS) is 11.0. The molecular formula is C12H14F3N3O3. The molecular weight excluding hydrogens is 291 g/mol. The highest BCUT2D eigenvalue weighted by molar-refractivity contribution is 6.39. The van der Waals surface area contributed by atoms with E-state index in [0.717, 1.165) is 12.1 Å². The van der Waals surface area contributed by atoms with Crippen LogP contribution in [0.1, 0.15) is 12.0 Å². The van der Waals surface area contributed by atoms with Crippen LogP contribution in [0.3, 0.4) is 0 Å². The maximum absolute atomic E-state index is 12.3. The number of hydrogen-bond donors (Lipinski definition) is 2. The Hall–Kier alpha value is -2.16. The third-order valence-corrected chi connectivity index (χ3v) is 2.35. The minimum absolute atomic E-state index is 0.139. The number of carbonyl (C=O) groups is 2. The zero-order valence-corrected chi connectivity index (χ0v) is 11.2. The molecule has 1 aromatic rings. The van der Waals surface area contributed by atoms with E-state index in [-0.39, 0.29) is 12.4 Å². The SMILES string of the molecule is COCCCNC(=O)C(=O)Nc1ccc(C(F)(F)F)cn1. The Morgan fingerprint density at radius 2 is 2.00 bits per heavy atom. The molecule has 0 aromatic carbocycles. The van der Waals surface area contributed by atoms with Gasteiger partial charge in [0.25, 0.3) is 0 Å². The molecule has 0 saturated carbocycles. The maximum Gasteiger partial charge on any atom is 0.417 e. The number of hydrogen-bond acceptors (Lipinski definition) is 4. The summed E-state index contributed by atoms with van der Waals surface area (Å²) in [5, 5.41) is 4.43. The van der Waals surface area contributed by atoms with E-state index in [2.05, 4.69) is 15.6 Å². The first-order valence-corrected chi connectivity index (χ1v) is 5.96. The second-order valence-electron chi connectivity index (χ2n) is 3.99. The quantitative estimate of drug-likeness (QED) is 0.632. The molecule has 0 bridgehead atoms. The summed E-state index contributed by atoms with van der Waals surface area (Å²) in [7, 11) is 1.50. The van der Waals surface area contributed by atoms with Crippen molar-refractivity contribution in [1.82, 2.24) is 10.3 Å². The van der Waals surface area contributed by atoms with Crippen molar-refractivity contribution in [2.24, 2.45) is 0 Å². The van der Waals surface area contributed by atoms with Gasteiger partial charge < -0.3 is 15.4 Å². The van der Waals surface area contributed by atoms with Crippen molar-refractivity contribution in [3.8, 4) is 0 Å². The van der Waals surface area contributed by atoms with Crippen molar-refractivity contribution in [3.05, 3.63) is 23.9 Å². The Labute approximate surface area is 118 Å². The van der Waals surface area contributed by atoms with E-state index in [9.17, 15) is 22.8 Å². The lowest BCUT2D eigenvalue weighted by atomic mass is 10.3. The summed E-state index contributed by atoms with van der Waals surface area (Å²) in [6, 6.07) is 1.73. The third-order valence-electron chi connectivity index (χ3n) is 2.35. The predicted molar refractivity (Wildman–Crippen MR) is 67.4 cm³/mol. The summed E-state index contributed by atoms with van der Waals surface area (Å²) in [6.07, 6.45) is -3.39. The first-order valence-electron chi connectivity index (χ1n) is 5.96. The number of rotatable bonds is 5. The van der Waals surface area contributed by atoms with Gasteiger partial charge in [0.05, 0.1) is 5.56 Å². The molecule has 0 spiro atoms. The molecule has 0 radical (unpaired) electrons. The number of anilines is 1. The van der Waals surface area contributed by atoms with Gasteiger partial charge in [-0.15, -0.1) is 0 Å². The summed E-state index contributed by atoms with van der Waals surface area (Å²) in [5.41, 5.74) is -0.940. The molecule has 116 valence electrons. The largest absolute Gasteiger partial charge is 0.417 e. The molecule has 0 aliphatic carbocycles. The molecule has 2 N–H and O–H groups in total. The van der Waals surface area contributed by atoms with E-state index < -0.39 is 23.6 Å². The predicted octanol–water partition coefficient (Wildman–Crippen LogP) is 1.19. The van der Waals surface area contributed by atoms with Crippen LogP contribution in [0.2, 0.25) is 0 Å². The molecule has 0 fully saturated rings. The van der Waals surface area contributed by atoms with Crippen molar-refractivity contribution in [2.45, 2.75) is 12.6 Å². The number of nitrogens with zero attached hydrogens (tertiary/aromatic N) is 1. The van der Waals surface area contributed by atoms with Crippen LogP contribution in [0, 0.1) is 0 Å². The van der Waals surface area contributed by atoms with Gasteiger partial charge in [0.15, 0.2) is 0 Å². The standard InChI is InChI=1S/C12H14F3N3O3/c1-21-6-2-5-16-10(19)11(20)18-9-4-3-8(7-17-9)12(13,14)15/h3-4,7H,2,5-6H2,1H3,(H,16,19)(H,17,18,20).